The van der Waals surface area contributed by atoms with Gasteiger partial charge in [0.05, 0.1) is 0 Å². The largest absolute Gasteiger partial charge is 0.0917 e. The van der Waals surface area contributed by atoms with Gasteiger partial charge in [-0.2, -0.15) is 0 Å². The molecule has 0 heterocycles. The molecule has 0 nitrogen and oxygen atoms in total. The fraction of sp³-hybridized carbons (Fsp3) is 0.818. The maximum Gasteiger partial charge on any atom is -0.0351 e. The van der Waals surface area contributed by atoms with E-state index in [0.717, 1.165) is 5.92 Å². The summed E-state index contributed by atoms with van der Waals surface area (Å²) in [6.07, 6.45) is 11.2. The molecule has 66 valence electrons. The molecular weight excluding hydrogens is 132 g/mol. The van der Waals surface area contributed by atoms with E-state index >= 15 is 0 Å². The molecule has 0 heteroatoms. The third-order valence-corrected chi connectivity index (χ3v) is 2.37. The van der Waals surface area contributed by atoms with Crippen LogP contribution in [-0.2, 0) is 0 Å². The molecular formula is C11H22. The van der Waals surface area contributed by atoms with E-state index in [4.69, 9.17) is 0 Å². The standard InChI is InChI=1S/C11H22/c1-4-7-8-9-10-11(5-2)6-3/h4,7,11H,5-6,8-10H2,1-3H3. The highest BCUT2D eigenvalue weighted by molar-refractivity contribution is 4.76. The predicted molar refractivity (Wildman–Crippen MR) is 52.7 cm³/mol. The molecule has 0 amide bonds. The quantitative estimate of drug-likeness (QED) is 0.398. The van der Waals surface area contributed by atoms with Crippen LogP contribution in [0.25, 0.3) is 0 Å². The first-order valence-electron chi connectivity index (χ1n) is 4.96. The lowest BCUT2D eigenvalue weighted by Crippen LogP contribution is -1.95. The Balaban J connectivity index is 3.21. The molecule has 0 aromatic rings. The molecule has 0 saturated carbocycles. The van der Waals surface area contributed by atoms with Crippen LogP contribution < -0.4 is 0 Å². The number of hydrogen-bond acceptors (Lipinski definition) is 0. The zero-order chi connectivity index (χ0) is 8.53. The predicted octanol–water partition coefficient (Wildman–Crippen LogP) is 4.17. The Morgan fingerprint density at radius 3 is 2.27 bits per heavy atom. The highest BCUT2D eigenvalue weighted by Crippen LogP contribution is 2.15. The minimum atomic E-state index is 0.972. The Morgan fingerprint density at radius 2 is 1.82 bits per heavy atom. The van der Waals surface area contributed by atoms with Crippen molar-refractivity contribution in [1.29, 1.82) is 0 Å². The highest BCUT2D eigenvalue weighted by Gasteiger charge is 2.00. The molecule has 0 fully saturated rings. The van der Waals surface area contributed by atoms with Gasteiger partial charge in [0.25, 0.3) is 0 Å². The molecule has 0 aliphatic carbocycles. The molecule has 0 spiro atoms. The van der Waals surface area contributed by atoms with Gasteiger partial charge in [-0.1, -0.05) is 45.3 Å². The van der Waals surface area contributed by atoms with Crippen molar-refractivity contribution in [1.82, 2.24) is 0 Å². The number of rotatable bonds is 6. The van der Waals surface area contributed by atoms with E-state index in [-0.39, 0.29) is 0 Å². The molecule has 0 aromatic heterocycles. The first kappa shape index (κ1) is 10.7. The van der Waals surface area contributed by atoms with Gasteiger partial charge in [-0.05, 0) is 25.7 Å². The lowest BCUT2D eigenvalue weighted by atomic mass is 9.97. The van der Waals surface area contributed by atoms with E-state index in [1.165, 1.54) is 32.1 Å². The van der Waals surface area contributed by atoms with E-state index < -0.39 is 0 Å². The zero-order valence-electron chi connectivity index (χ0n) is 8.27. The van der Waals surface area contributed by atoms with Crippen LogP contribution in [0.1, 0.15) is 52.9 Å². The maximum absolute atomic E-state index is 2.30. The van der Waals surface area contributed by atoms with Gasteiger partial charge in [0.15, 0.2) is 0 Å². The first-order chi connectivity index (χ1) is 5.35. The summed E-state index contributed by atoms with van der Waals surface area (Å²) in [6.45, 7) is 6.69. The van der Waals surface area contributed by atoms with Crippen LogP contribution in [0.3, 0.4) is 0 Å². The van der Waals surface area contributed by atoms with Crippen LogP contribution in [0.2, 0.25) is 0 Å². The summed E-state index contributed by atoms with van der Waals surface area (Å²) in [6, 6.07) is 0. The number of unbranched alkanes of at least 4 members (excludes halogenated alkanes) is 1. The van der Waals surface area contributed by atoms with Crippen LogP contribution in [0.5, 0.6) is 0 Å². The van der Waals surface area contributed by atoms with Crippen molar-refractivity contribution < 1.29 is 0 Å². The van der Waals surface area contributed by atoms with Crippen LogP contribution in [0.4, 0.5) is 0 Å². The van der Waals surface area contributed by atoms with Crippen molar-refractivity contribution in [2.24, 2.45) is 5.92 Å². The van der Waals surface area contributed by atoms with Crippen molar-refractivity contribution in [3.63, 3.8) is 0 Å². The van der Waals surface area contributed by atoms with E-state index in [9.17, 15) is 0 Å². The molecule has 0 atom stereocenters. The van der Waals surface area contributed by atoms with E-state index in [1.54, 1.807) is 0 Å². The summed E-state index contributed by atoms with van der Waals surface area (Å²) in [7, 11) is 0. The molecule has 0 aliphatic rings. The summed E-state index contributed by atoms with van der Waals surface area (Å²) in [5.74, 6) is 0.972. The normalized spacial score (nSPS) is 11.6. The fourth-order valence-electron chi connectivity index (χ4n) is 1.39. The maximum atomic E-state index is 2.30. The summed E-state index contributed by atoms with van der Waals surface area (Å²) in [5, 5.41) is 0. The van der Waals surface area contributed by atoms with Gasteiger partial charge >= 0.3 is 0 Å². The average molecular weight is 154 g/mol. The van der Waals surface area contributed by atoms with Crippen LogP contribution in [0.15, 0.2) is 12.2 Å². The average Bonchev–Trinajstić information content (AvgIpc) is 2.05. The Labute approximate surface area is 71.7 Å². The van der Waals surface area contributed by atoms with E-state index in [0.29, 0.717) is 0 Å². The van der Waals surface area contributed by atoms with Gasteiger partial charge in [0, 0.05) is 0 Å². The van der Waals surface area contributed by atoms with Gasteiger partial charge in [0.2, 0.25) is 0 Å². The van der Waals surface area contributed by atoms with Crippen molar-refractivity contribution >= 4 is 0 Å². The second kappa shape index (κ2) is 7.84. The Morgan fingerprint density at radius 1 is 1.18 bits per heavy atom. The van der Waals surface area contributed by atoms with Gasteiger partial charge in [-0.15, -0.1) is 0 Å². The third kappa shape index (κ3) is 6.15. The highest BCUT2D eigenvalue weighted by atomic mass is 14.1. The lowest BCUT2D eigenvalue weighted by Gasteiger charge is -2.09. The molecule has 0 rings (SSSR count). The van der Waals surface area contributed by atoms with Gasteiger partial charge < -0.3 is 0 Å². The van der Waals surface area contributed by atoms with Crippen molar-refractivity contribution in [3.05, 3.63) is 12.2 Å². The molecule has 0 bridgehead atoms. The van der Waals surface area contributed by atoms with Crippen LogP contribution in [0, 0.1) is 5.92 Å². The Bertz CT molecular complexity index is 88.2. The number of hydrogen-bond donors (Lipinski definition) is 0. The van der Waals surface area contributed by atoms with Crippen LogP contribution >= 0.6 is 0 Å². The third-order valence-electron chi connectivity index (χ3n) is 2.37. The van der Waals surface area contributed by atoms with E-state index in [1.807, 2.05) is 0 Å². The van der Waals surface area contributed by atoms with Crippen LogP contribution in [-0.4, -0.2) is 0 Å². The minimum absolute atomic E-state index is 0.972. The smallest absolute Gasteiger partial charge is 0.0351 e. The molecule has 0 aromatic carbocycles. The van der Waals surface area contributed by atoms with Gasteiger partial charge in [-0.3, -0.25) is 0 Å². The molecule has 0 aliphatic heterocycles. The lowest BCUT2D eigenvalue weighted by molar-refractivity contribution is 0.443. The molecule has 11 heavy (non-hydrogen) atoms. The zero-order valence-corrected chi connectivity index (χ0v) is 8.27. The molecule has 0 radical (unpaired) electrons. The molecule has 0 saturated heterocycles. The summed E-state index contributed by atoms with van der Waals surface area (Å²) in [4.78, 5) is 0. The second-order valence-electron chi connectivity index (χ2n) is 3.18. The summed E-state index contributed by atoms with van der Waals surface area (Å²) >= 11 is 0. The first-order valence-corrected chi connectivity index (χ1v) is 4.96. The van der Waals surface area contributed by atoms with E-state index in [2.05, 4.69) is 32.9 Å². The minimum Gasteiger partial charge on any atom is -0.0917 e. The van der Waals surface area contributed by atoms with Crippen molar-refractivity contribution in [2.75, 3.05) is 0 Å². The monoisotopic (exact) mass is 154 g/mol. The Kier molecular flexibility index (Phi) is 7.66. The van der Waals surface area contributed by atoms with Gasteiger partial charge in [0.1, 0.15) is 0 Å². The SMILES string of the molecule is CC=CCCCC(CC)CC. The van der Waals surface area contributed by atoms with Crippen molar-refractivity contribution in [2.45, 2.75) is 52.9 Å². The van der Waals surface area contributed by atoms with Crippen molar-refractivity contribution in [3.8, 4) is 0 Å². The number of allylic oxidation sites excluding steroid dienone is 2. The Hall–Kier alpha value is -0.260. The topological polar surface area (TPSA) is 0 Å². The van der Waals surface area contributed by atoms with Gasteiger partial charge in [-0.25, -0.2) is 0 Å². The fourth-order valence-corrected chi connectivity index (χ4v) is 1.39. The molecule has 0 N–H and O–H groups in total. The second-order valence-corrected chi connectivity index (χ2v) is 3.18. The summed E-state index contributed by atoms with van der Waals surface area (Å²) < 4.78 is 0. The summed E-state index contributed by atoms with van der Waals surface area (Å²) in [5.41, 5.74) is 0. The molecule has 0 unspecified atom stereocenters.